The van der Waals surface area contributed by atoms with Gasteiger partial charge in [0.15, 0.2) is 0 Å². The van der Waals surface area contributed by atoms with Crippen LogP contribution in [-0.4, -0.2) is 29.3 Å². The molecule has 0 spiro atoms. The molecule has 0 radical (unpaired) electrons. The summed E-state index contributed by atoms with van der Waals surface area (Å²) in [6.07, 6.45) is 3.54. The average molecular weight is 282 g/mol. The number of pyridine rings is 1. The molecule has 0 unspecified atom stereocenters. The summed E-state index contributed by atoms with van der Waals surface area (Å²) in [5, 5.41) is 7.10. The van der Waals surface area contributed by atoms with Crippen LogP contribution in [0.15, 0.2) is 48.8 Å². The van der Waals surface area contributed by atoms with E-state index < -0.39 is 0 Å². The Kier molecular flexibility index (Phi) is 3.39. The highest BCUT2D eigenvalue weighted by Gasteiger charge is 2.11. The second-order valence-corrected chi connectivity index (χ2v) is 4.96. The van der Waals surface area contributed by atoms with Crippen molar-refractivity contribution in [2.45, 2.75) is 0 Å². The average Bonchev–Trinajstić information content (AvgIpc) is 2.97. The molecule has 2 heterocycles. The summed E-state index contributed by atoms with van der Waals surface area (Å²) in [5.41, 5.74) is 3.74. The second kappa shape index (κ2) is 5.36. The molecule has 3 rings (SSSR count). The number of nitrogens with one attached hydrogen (secondary N) is 1. The normalized spacial score (nSPS) is 10.6. The largest absolute Gasteiger partial charge is 0.363 e. The smallest absolute Gasteiger partial charge is 0.128 e. The molecule has 0 atom stereocenters. The van der Waals surface area contributed by atoms with E-state index in [2.05, 4.69) is 15.2 Å². The van der Waals surface area contributed by atoms with Crippen LogP contribution in [0.25, 0.3) is 22.4 Å². The first-order valence-corrected chi connectivity index (χ1v) is 6.58. The van der Waals surface area contributed by atoms with E-state index in [9.17, 15) is 4.39 Å². The Morgan fingerprint density at radius 2 is 1.81 bits per heavy atom. The SMILES string of the molecule is CN(C)c1cc(-c2cn[nH]c2-c2ccc(F)cc2)ccn1. The van der Waals surface area contributed by atoms with Crippen molar-refractivity contribution < 1.29 is 4.39 Å². The molecule has 1 N–H and O–H groups in total. The van der Waals surface area contributed by atoms with E-state index in [1.807, 2.05) is 31.1 Å². The number of aromatic amines is 1. The quantitative estimate of drug-likeness (QED) is 0.801. The fraction of sp³-hybridized carbons (Fsp3) is 0.125. The van der Waals surface area contributed by atoms with E-state index in [0.717, 1.165) is 28.2 Å². The van der Waals surface area contributed by atoms with Crippen molar-refractivity contribution in [3.8, 4) is 22.4 Å². The first kappa shape index (κ1) is 13.3. The molecular formula is C16H15FN4. The molecule has 106 valence electrons. The topological polar surface area (TPSA) is 44.8 Å². The van der Waals surface area contributed by atoms with Crippen LogP contribution < -0.4 is 4.90 Å². The van der Waals surface area contributed by atoms with Gasteiger partial charge in [-0.25, -0.2) is 9.37 Å². The van der Waals surface area contributed by atoms with Crippen molar-refractivity contribution in [1.29, 1.82) is 0 Å². The van der Waals surface area contributed by atoms with Crippen LogP contribution >= 0.6 is 0 Å². The number of hydrogen-bond donors (Lipinski definition) is 1. The zero-order valence-electron chi connectivity index (χ0n) is 11.8. The van der Waals surface area contributed by atoms with Gasteiger partial charge in [0.2, 0.25) is 0 Å². The minimum Gasteiger partial charge on any atom is -0.363 e. The van der Waals surface area contributed by atoms with Gasteiger partial charge in [0, 0.05) is 31.4 Å². The van der Waals surface area contributed by atoms with Crippen LogP contribution in [0.1, 0.15) is 0 Å². The van der Waals surface area contributed by atoms with E-state index in [1.54, 1.807) is 24.5 Å². The predicted octanol–water partition coefficient (Wildman–Crippen LogP) is 3.34. The highest BCUT2D eigenvalue weighted by Crippen LogP contribution is 2.31. The third-order valence-corrected chi connectivity index (χ3v) is 3.29. The first-order chi connectivity index (χ1) is 10.1. The summed E-state index contributed by atoms with van der Waals surface area (Å²) in [5.74, 6) is 0.623. The Hall–Kier alpha value is -2.69. The molecule has 0 aliphatic carbocycles. The maximum absolute atomic E-state index is 13.1. The lowest BCUT2D eigenvalue weighted by atomic mass is 10.0. The van der Waals surface area contributed by atoms with Crippen LogP contribution in [0.4, 0.5) is 10.2 Å². The Balaban J connectivity index is 2.06. The molecular weight excluding hydrogens is 267 g/mol. The van der Waals surface area contributed by atoms with Crippen LogP contribution in [-0.2, 0) is 0 Å². The van der Waals surface area contributed by atoms with Gasteiger partial charge in [-0.2, -0.15) is 5.10 Å². The van der Waals surface area contributed by atoms with Crippen molar-refractivity contribution in [2.24, 2.45) is 0 Å². The fourth-order valence-corrected chi connectivity index (χ4v) is 2.17. The predicted molar refractivity (Wildman–Crippen MR) is 81.5 cm³/mol. The maximum atomic E-state index is 13.1. The zero-order valence-corrected chi connectivity index (χ0v) is 11.8. The zero-order chi connectivity index (χ0) is 14.8. The standard InChI is InChI=1S/C16H15FN4/c1-21(2)15-9-12(7-8-18-15)14-10-19-20-16(14)11-3-5-13(17)6-4-11/h3-10H,1-2H3,(H,19,20). The van der Waals surface area contributed by atoms with Crippen molar-refractivity contribution in [1.82, 2.24) is 15.2 Å². The molecule has 4 nitrogen and oxygen atoms in total. The van der Waals surface area contributed by atoms with E-state index >= 15 is 0 Å². The van der Waals surface area contributed by atoms with Crippen LogP contribution in [0.5, 0.6) is 0 Å². The van der Waals surface area contributed by atoms with Gasteiger partial charge in [0.1, 0.15) is 11.6 Å². The van der Waals surface area contributed by atoms with Gasteiger partial charge < -0.3 is 4.90 Å². The third kappa shape index (κ3) is 2.63. The maximum Gasteiger partial charge on any atom is 0.128 e. The van der Waals surface area contributed by atoms with E-state index in [-0.39, 0.29) is 5.82 Å². The van der Waals surface area contributed by atoms with Gasteiger partial charge in [0.05, 0.1) is 11.9 Å². The summed E-state index contributed by atoms with van der Waals surface area (Å²) in [6, 6.07) is 10.3. The summed E-state index contributed by atoms with van der Waals surface area (Å²) in [6.45, 7) is 0. The highest BCUT2D eigenvalue weighted by atomic mass is 19.1. The number of H-pyrrole nitrogens is 1. The summed E-state index contributed by atoms with van der Waals surface area (Å²) in [4.78, 5) is 6.25. The Labute approximate surface area is 122 Å². The minimum atomic E-state index is -0.251. The van der Waals surface area contributed by atoms with Crippen molar-refractivity contribution >= 4 is 5.82 Å². The molecule has 5 heteroatoms. The monoisotopic (exact) mass is 282 g/mol. The third-order valence-electron chi connectivity index (χ3n) is 3.29. The lowest BCUT2D eigenvalue weighted by Gasteiger charge is -2.12. The second-order valence-electron chi connectivity index (χ2n) is 4.96. The van der Waals surface area contributed by atoms with Gasteiger partial charge >= 0.3 is 0 Å². The number of hydrogen-bond acceptors (Lipinski definition) is 3. The Morgan fingerprint density at radius 3 is 2.52 bits per heavy atom. The van der Waals surface area contributed by atoms with Gasteiger partial charge in [-0.15, -0.1) is 0 Å². The number of aromatic nitrogens is 3. The van der Waals surface area contributed by atoms with Gasteiger partial charge in [-0.05, 0) is 42.0 Å². The summed E-state index contributed by atoms with van der Waals surface area (Å²) >= 11 is 0. The van der Waals surface area contributed by atoms with Gasteiger partial charge in [-0.3, -0.25) is 5.10 Å². The van der Waals surface area contributed by atoms with Gasteiger partial charge in [0.25, 0.3) is 0 Å². The molecule has 0 saturated carbocycles. The molecule has 1 aromatic carbocycles. The van der Waals surface area contributed by atoms with Crippen LogP contribution in [0.3, 0.4) is 0 Å². The summed E-state index contributed by atoms with van der Waals surface area (Å²) < 4.78 is 13.1. The Morgan fingerprint density at radius 1 is 1.05 bits per heavy atom. The first-order valence-electron chi connectivity index (χ1n) is 6.58. The Bertz CT molecular complexity index is 747. The lowest BCUT2D eigenvalue weighted by molar-refractivity contribution is 0.628. The van der Waals surface area contributed by atoms with Gasteiger partial charge in [-0.1, -0.05) is 0 Å². The summed E-state index contributed by atoms with van der Waals surface area (Å²) in [7, 11) is 3.89. The molecule has 0 fully saturated rings. The molecule has 0 bridgehead atoms. The highest BCUT2D eigenvalue weighted by molar-refractivity contribution is 5.81. The number of benzene rings is 1. The van der Waals surface area contributed by atoms with Crippen LogP contribution in [0, 0.1) is 5.82 Å². The number of anilines is 1. The van der Waals surface area contributed by atoms with Crippen molar-refractivity contribution in [2.75, 3.05) is 19.0 Å². The lowest BCUT2D eigenvalue weighted by Crippen LogP contribution is -2.10. The van der Waals surface area contributed by atoms with Crippen molar-refractivity contribution in [3.63, 3.8) is 0 Å². The molecule has 2 aromatic heterocycles. The molecule has 0 amide bonds. The van der Waals surface area contributed by atoms with E-state index in [0.29, 0.717) is 0 Å². The molecule has 21 heavy (non-hydrogen) atoms. The van der Waals surface area contributed by atoms with Crippen molar-refractivity contribution in [3.05, 3.63) is 54.6 Å². The molecule has 3 aromatic rings. The van der Waals surface area contributed by atoms with E-state index in [1.165, 1.54) is 12.1 Å². The number of rotatable bonds is 3. The molecule has 0 saturated heterocycles. The number of nitrogens with zero attached hydrogens (tertiary/aromatic N) is 3. The minimum absolute atomic E-state index is 0.251. The fourth-order valence-electron chi connectivity index (χ4n) is 2.17. The molecule has 0 aliphatic heterocycles. The molecule has 0 aliphatic rings. The number of halogens is 1. The van der Waals surface area contributed by atoms with Crippen LogP contribution in [0.2, 0.25) is 0 Å². The van der Waals surface area contributed by atoms with E-state index in [4.69, 9.17) is 0 Å².